The summed E-state index contributed by atoms with van der Waals surface area (Å²) in [5.41, 5.74) is 0.207. The Morgan fingerprint density at radius 1 is 1.40 bits per heavy atom. The second kappa shape index (κ2) is 6.64. The molecule has 20 heavy (non-hydrogen) atoms. The molecule has 0 bridgehead atoms. The molecule has 2 heterocycles. The van der Waals surface area contributed by atoms with Gasteiger partial charge in [0.2, 0.25) is 0 Å². The Labute approximate surface area is 123 Å². The van der Waals surface area contributed by atoms with E-state index in [1.54, 1.807) is 0 Å². The number of rotatable bonds is 5. The van der Waals surface area contributed by atoms with Gasteiger partial charge in [0.05, 0.1) is 6.54 Å². The fourth-order valence-corrected chi connectivity index (χ4v) is 2.94. The molecule has 0 saturated carbocycles. The van der Waals surface area contributed by atoms with E-state index in [0.717, 1.165) is 31.9 Å². The van der Waals surface area contributed by atoms with Crippen LogP contribution in [0.3, 0.4) is 0 Å². The van der Waals surface area contributed by atoms with Gasteiger partial charge in [0.25, 0.3) is 0 Å². The first-order chi connectivity index (χ1) is 9.58. The van der Waals surface area contributed by atoms with Gasteiger partial charge < -0.3 is 5.32 Å². The molecule has 2 rings (SSSR count). The second-order valence-electron chi connectivity index (χ2n) is 6.32. The van der Waals surface area contributed by atoms with E-state index in [1.165, 1.54) is 6.42 Å². The number of aromatic nitrogens is 2. The molecule has 1 saturated heterocycles. The first-order valence-electron chi connectivity index (χ1n) is 7.83. The van der Waals surface area contributed by atoms with Crippen LogP contribution in [0.2, 0.25) is 0 Å². The molecule has 1 aromatic rings. The molecule has 0 spiro atoms. The van der Waals surface area contributed by atoms with Gasteiger partial charge in [-0.3, -0.25) is 4.90 Å². The Morgan fingerprint density at radius 3 is 2.70 bits per heavy atom. The molecule has 1 aliphatic heterocycles. The Bertz CT molecular complexity index is 408. The van der Waals surface area contributed by atoms with Crippen LogP contribution in [0.25, 0.3) is 0 Å². The van der Waals surface area contributed by atoms with Gasteiger partial charge in [-0.2, -0.15) is 0 Å². The fraction of sp³-hybridized carbons (Fsp3) is 0.750. The summed E-state index contributed by atoms with van der Waals surface area (Å²) < 4.78 is 0. The highest BCUT2D eigenvalue weighted by atomic mass is 15.3. The van der Waals surface area contributed by atoms with E-state index in [1.807, 2.05) is 18.5 Å². The first kappa shape index (κ1) is 15.4. The minimum Gasteiger partial charge on any atom is -0.309 e. The van der Waals surface area contributed by atoms with Crippen molar-refractivity contribution in [3.8, 4) is 0 Å². The normalized spacial score (nSPS) is 29.3. The van der Waals surface area contributed by atoms with Crippen LogP contribution in [0.4, 0.5) is 0 Å². The monoisotopic (exact) mass is 276 g/mol. The smallest absolute Gasteiger partial charge is 0.142 e. The lowest BCUT2D eigenvalue weighted by molar-refractivity contribution is 0.0467. The van der Waals surface area contributed by atoms with Crippen molar-refractivity contribution >= 4 is 0 Å². The van der Waals surface area contributed by atoms with E-state index in [0.29, 0.717) is 12.0 Å². The number of piperazine rings is 1. The maximum atomic E-state index is 4.39. The number of hydrogen-bond donors (Lipinski definition) is 1. The highest BCUT2D eigenvalue weighted by Crippen LogP contribution is 2.25. The molecule has 112 valence electrons. The minimum absolute atomic E-state index is 0.207. The van der Waals surface area contributed by atoms with Gasteiger partial charge in [0.1, 0.15) is 5.82 Å². The molecule has 1 aromatic heterocycles. The minimum atomic E-state index is 0.207. The summed E-state index contributed by atoms with van der Waals surface area (Å²) in [4.78, 5) is 11.4. The molecular weight excluding hydrogens is 248 g/mol. The van der Waals surface area contributed by atoms with E-state index in [-0.39, 0.29) is 5.54 Å². The van der Waals surface area contributed by atoms with Gasteiger partial charge in [-0.1, -0.05) is 27.2 Å². The van der Waals surface area contributed by atoms with Crippen molar-refractivity contribution in [2.75, 3.05) is 13.1 Å². The van der Waals surface area contributed by atoms with E-state index in [2.05, 4.69) is 47.9 Å². The standard InChI is InChI=1S/C16H28N4/c1-5-13(3)14-10-19-16(4,6-2)12-20(14)11-15-17-8-7-9-18-15/h7-9,13-14,19H,5-6,10-12H2,1-4H3. The predicted molar refractivity (Wildman–Crippen MR) is 82.4 cm³/mol. The molecule has 1 aliphatic rings. The average Bonchev–Trinajstić information content (AvgIpc) is 2.48. The fourth-order valence-electron chi connectivity index (χ4n) is 2.94. The Hall–Kier alpha value is -1.00. The number of nitrogens with zero attached hydrogens (tertiary/aromatic N) is 3. The third kappa shape index (κ3) is 3.55. The Balaban J connectivity index is 2.13. The van der Waals surface area contributed by atoms with Crippen LogP contribution in [-0.2, 0) is 6.54 Å². The van der Waals surface area contributed by atoms with Crippen LogP contribution in [0, 0.1) is 5.92 Å². The summed E-state index contributed by atoms with van der Waals surface area (Å²) in [6.45, 7) is 12.2. The van der Waals surface area contributed by atoms with E-state index >= 15 is 0 Å². The average molecular weight is 276 g/mol. The highest BCUT2D eigenvalue weighted by Gasteiger charge is 2.36. The van der Waals surface area contributed by atoms with Gasteiger partial charge in [0.15, 0.2) is 0 Å². The van der Waals surface area contributed by atoms with Gasteiger partial charge in [-0.25, -0.2) is 9.97 Å². The highest BCUT2D eigenvalue weighted by molar-refractivity contribution is 4.98. The lowest BCUT2D eigenvalue weighted by Crippen LogP contribution is -2.63. The number of nitrogens with one attached hydrogen (secondary N) is 1. The molecule has 4 heteroatoms. The van der Waals surface area contributed by atoms with Crippen molar-refractivity contribution in [2.45, 2.75) is 58.7 Å². The summed E-state index contributed by atoms with van der Waals surface area (Å²) in [5, 5.41) is 3.74. The molecule has 1 N–H and O–H groups in total. The van der Waals surface area contributed by atoms with Crippen molar-refractivity contribution in [3.63, 3.8) is 0 Å². The topological polar surface area (TPSA) is 41.0 Å². The SMILES string of the molecule is CCC(C)C1CNC(C)(CC)CN1Cc1ncccn1. The van der Waals surface area contributed by atoms with Gasteiger partial charge in [-0.15, -0.1) is 0 Å². The Morgan fingerprint density at radius 2 is 2.10 bits per heavy atom. The van der Waals surface area contributed by atoms with Crippen molar-refractivity contribution < 1.29 is 0 Å². The largest absolute Gasteiger partial charge is 0.309 e. The molecule has 3 atom stereocenters. The molecule has 0 aliphatic carbocycles. The maximum absolute atomic E-state index is 4.39. The van der Waals surface area contributed by atoms with Gasteiger partial charge in [0, 0.05) is 37.1 Å². The molecule has 0 radical (unpaired) electrons. The molecule has 3 unspecified atom stereocenters. The zero-order valence-corrected chi connectivity index (χ0v) is 13.3. The van der Waals surface area contributed by atoms with Crippen molar-refractivity contribution in [3.05, 3.63) is 24.3 Å². The maximum Gasteiger partial charge on any atom is 0.142 e. The van der Waals surface area contributed by atoms with Gasteiger partial charge in [-0.05, 0) is 25.3 Å². The quantitative estimate of drug-likeness (QED) is 0.897. The van der Waals surface area contributed by atoms with Crippen LogP contribution in [0.1, 0.15) is 46.4 Å². The van der Waals surface area contributed by atoms with E-state index in [4.69, 9.17) is 0 Å². The zero-order valence-electron chi connectivity index (χ0n) is 13.3. The molecule has 0 amide bonds. The molecular formula is C16H28N4. The van der Waals surface area contributed by atoms with Gasteiger partial charge >= 0.3 is 0 Å². The van der Waals surface area contributed by atoms with Crippen LogP contribution < -0.4 is 5.32 Å². The molecule has 4 nitrogen and oxygen atoms in total. The van der Waals surface area contributed by atoms with E-state index in [9.17, 15) is 0 Å². The van der Waals surface area contributed by atoms with E-state index < -0.39 is 0 Å². The summed E-state index contributed by atoms with van der Waals surface area (Å²) in [6.07, 6.45) is 6.03. The number of hydrogen-bond acceptors (Lipinski definition) is 4. The summed E-state index contributed by atoms with van der Waals surface area (Å²) in [5.74, 6) is 1.62. The summed E-state index contributed by atoms with van der Waals surface area (Å²) in [7, 11) is 0. The van der Waals surface area contributed by atoms with Crippen LogP contribution in [-0.4, -0.2) is 39.5 Å². The van der Waals surface area contributed by atoms with Crippen LogP contribution >= 0.6 is 0 Å². The summed E-state index contributed by atoms with van der Waals surface area (Å²) >= 11 is 0. The third-order valence-corrected chi connectivity index (χ3v) is 4.80. The lowest BCUT2D eigenvalue weighted by Gasteiger charge is -2.47. The second-order valence-corrected chi connectivity index (χ2v) is 6.32. The zero-order chi connectivity index (χ0) is 14.6. The van der Waals surface area contributed by atoms with Crippen molar-refractivity contribution in [1.82, 2.24) is 20.2 Å². The van der Waals surface area contributed by atoms with Crippen molar-refractivity contribution in [2.24, 2.45) is 5.92 Å². The first-order valence-corrected chi connectivity index (χ1v) is 7.83. The van der Waals surface area contributed by atoms with Crippen molar-refractivity contribution in [1.29, 1.82) is 0 Å². The lowest BCUT2D eigenvalue weighted by atomic mass is 9.88. The Kier molecular flexibility index (Phi) is 5.11. The summed E-state index contributed by atoms with van der Waals surface area (Å²) in [6, 6.07) is 2.45. The molecule has 0 aromatic carbocycles. The van der Waals surface area contributed by atoms with Crippen LogP contribution in [0.15, 0.2) is 18.5 Å². The molecule has 1 fully saturated rings. The van der Waals surface area contributed by atoms with Crippen LogP contribution in [0.5, 0.6) is 0 Å². The predicted octanol–water partition coefficient (Wildman–Crippen LogP) is 2.47. The third-order valence-electron chi connectivity index (χ3n) is 4.80.